The first-order valence-corrected chi connectivity index (χ1v) is 13.2. The fraction of sp³-hybridized carbons (Fsp3) is 0.435. The molecule has 3 rings (SSSR count). The molecule has 0 spiro atoms. The standard InChI is InChI=1S/C23H31N3O5S2/c1-16(2)11-21(23(27)24-28)26(14-20-7-6-19(31-20)13-25(3)4)33(29,30)15-17-5-8-22-18(12-17)9-10-32-22/h5-10,12,16,21,28H,11,13-15H2,1-4H3,(H,24,27)/t21-/m1/s1. The van der Waals surface area contributed by atoms with Gasteiger partial charge in [-0.2, -0.15) is 4.31 Å². The van der Waals surface area contributed by atoms with Gasteiger partial charge in [0, 0.05) is 4.70 Å². The molecule has 0 unspecified atom stereocenters. The molecule has 33 heavy (non-hydrogen) atoms. The third kappa shape index (κ3) is 6.64. The molecule has 0 radical (unpaired) electrons. The highest BCUT2D eigenvalue weighted by Gasteiger charge is 2.36. The first-order chi connectivity index (χ1) is 15.6. The number of hydrogen-bond donors (Lipinski definition) is 2. The number of benzene rings is 1. The predicted octanol–water partition coefficient (Wildman–Crippen LogP) is 3.81. The molecule has 0 aliphatic carbocycles. The van der Waals surface area contributed by atoms with Crippen molar-refractivity contribution in [3.63, 3.8) is 0 Å². The summed E-state index contributed by atoms with van der Waals surface area (Å²) in [6, 6.07) is 9.95. The lowest BCUT2D eigenvalue weighted by Gasteiger charge is -2.30. The zero-order valence-corrected chi connectivity index (χ0v) is 20.9. The number of hydrogen-bond acceptors (Lipinski definition) is 7. The van der Waals surface area contributed by atoms with E-state index in [1.165, 1.54) is 0 Å². The van der Waals surface area contributed by atoms with Crippen LogP contribution in [0.1, 0.15) is 37.4 Å². The molecule has 3 aromatic rings. The molecule has 2 N–H and O–H groups in total. The first-order valence-electron chi connectivity index (χ1n) is 10.7. The summed E-state index contributed by atoms with van der Waals surface area (Å²) in [5.74, 6) is 0.122. The van der Waals surface area contributed by atoms with Crippen molar-refractivity contribution in [3.05, 3.63) is 58.9 Å². The molecule has 8 nitrogen and oxygen atoms in total. The Morgan fingerprint density at radius 1 is 1.12 bits per heavy atom. The largest absolute Gasteiger partial charge is 0.463 e. The topological polar surface area (TPSA) is 103 Å². The molecular formula is C23H31N3O5S2. The average molecular weight is 494 g/mol. The van der Waals surface area contributed by atoms with Crippen molar-refractivity contribution in [1.29, 1.82) is 0 Å². The summed E-state index contributed by atoms with van der Waals surface area (Å²) in [4.78, 5) is 14.5. The van der Waals surface area contributed by atoms with E-state index in [0.717, 1.165) is 14.4 Å². The summed E-state index contributed by atoms with van der Waals surface area (Å²) in [6.45, 7) is 4.26. The number of nitrogens with zero attached hydrogens (tertiary/aromatic N) is 2. The molecular weight excluding hydrogens is 462 g/mol. The van der Waals surface area contributed by atoms with Crippen molar-refractivity contribution in [2.75, 3.05) is 14.1 Å². The van der Waals surface area contributed by atoms with Gasteiger partial charge in [0.2, 0.25) is 10.0 Å². The Kier molecular flexibility index (Phi) is 8.30. The van der Waals surface area contributed by atoms with Gasteiger partial charge >= 0.3 is 0 Å². The lowest BCUT2D eigenvalue weighted by molar-refractivity contribution is -0.133. The molecule has 0 saturated carbocycles. The van der Waals surface area contributed by atoms with Crippen molar-refractivity contribution >= 4 is 37.4 Å². The highest BCUT2D eigenvalue weighted by Crippen LogP contribution is 2.26. The van der Waals surface area contributed by atoms with Crippen LogP contribution in [-0.2, 0) is 33.7 Å². The molecule has 0 aliphatic rings. The van der Waals surface area contributed by atoms with Crippen molar-refractivity contribution < 1.29 is 22.8 Å². The first kappa shape index (κ1) is 25.4. The van der Waals surface area contributed by atoms with E-state index >= 15 is 0 Å². The quantitative estimate of drug-likeness (QED) is 0.311. The fourth-order valence-electron chi connectivity index (χ4n) is 3.74. The van der Waals surface area contributed by atoms with Crippen molar-refractivity contribution in [2.45, 2.75) is 45.2 Å². The molecule has 2 aromatic heterocycles. The molecule has 1 amide bonds. The maximum atomic E-state index is 13.6. The van der Waals surface area contributed by atoms with Crippen LogP contribution in [0.15, 0.2) is 46.2 Å². The number of sulfonamides is 1. The van der Waals surface area contributed by atoms with Gasteiger partial charge in [-0.1, -0.05) is 19.9 Å². The smallest absolute Gasteiger partial charge is 0.261 e. The second-order valence-electron chi connectivity index (χ2n) is 8.82. The van der Waals surface area contributed by atoms with E-state index in [4.69, 9.17) is 4.42 Å². The second-order valence-corrected chi connectivity index (χ2v) is 11.7. The van der Waals surface area contributed by atoms with Crippen LogP contribution >= 0.6 is 11.3 Å². The van der Waals surface area contributed by atoms with E-state index < -0.39 is 22.0 Å². The fourth-order valence-corrected chi connectivity index (χ4v) is 6.17. The third-order valence-corrected chi connectivity index (χ3v) is 7.87. The molecule has 0 saturated heterocycles. The number of rotatable bonds is 11. The van der Waals surface area contributed by atoms with Crippen LogP contribution in [0.25, 0.3) is 10.1 Å². The Morgan fingerprint density at radius 2 is 1.82 bits per heavy atom. The minimum atomic E-state index is -3.94. The third-order valence-electron chi connectivity index (χ3n) is 5.18. The summed E-state index contributed by atoms with van der Waals surface area (Å²) < 4.78 is 35.3. The maximum Gasteiger partial charge on any atom is 0.261 e. The number of furan rings is 1. The summed E-state index contributed by atoms with van der Waals surface area (Å²) in [5, 5.41) is 12.3. The van der Waals surface area contributed by atoms with Gasteiger partial charge in [0.05, 0.1) is 18.8 Å². The van der Waals surface area contributed by atoms with Crippen LogP contribution in [-0.4, -0.2) is 48.9 Å². The van der Waals surface area contributed by atoms with E-state index in [1.54, 1.807) is 35.0 Å². The Balaban J connectivity index is 1.95. The van der Waals surface area contributed by atoms with E-state index in [2.05, 4.69) is 0 Å². The van der Waals surface area contributed by atoms with Crippen LogP contribution in [0.3, 0.4) is 0 Å². The SMILES string of the molecule is CC(C)C[C@H](C(=O)NO)N(Cc1ccc(CN(C)C)o1)S(=O)(=O)Cc1ccc2sccc2c1. The zero-order chi connectivity index (χ0) is 24.2. The van der Waals surface area contributed by atoms with E-state index in [9.17, 15) is 18.4 Å². The highest BCUT2D eigenvalue weighted by atomic mass is 32.2. The monoisotopic (exact) mass is 493 g/mol. The summed E-state index contributed by atoms with van der Waals surface area (Å²) in [7, 11) is -0.124. The summed E-state index contributed by atoms with van der Waals surface area (Å²) in [5.41, 5.74) is 2.27. The Labute approximate surface area is 198 Å². The molecule has 0 bridgehead atoms. The lowest BCUT2D eigenvalue weighted by Crippen LogP contribution is -2.49. The van der Waals surface area contributed by atoms with Gasteiger partial charge in [-0.3, -0.25) is 10.0 Å². The van der Waals surface area contributed by atoms with Crippen LogP contribution < -0.4 is 5.48 Å². The van der Waals surface area contributed by atoms with Crippen LogP contribution in [0.2, 0.25) is 0 Å². The number of hydroxylamine groups is 1. The Morgan fingerprint density at radius 3 is 2.45 bits per heavy atom. The van der Waals surface area contributed by atoms with Gasteiger partial charge in [-0.25, -0.2) is 13.9 Å². The Bertz CT molecular complexity index is 1180. The highest BCUT2D eigenvalue weighted by molar-refractivity contribution is 7.88. The van der Waals surface area contributed by atoms with Crippen LogP contribution in [0.5, 0.6) is 0 Å². The maximum absolute atomic E-state index is 13.6. The molecule has 0 aliphatic heterocycles. The molecule has 1 atom stereocenters. The summed E-state index contributed by atoms with van der Waals surface area (Å²) in [6.07, 6.45) is 0.250. The lowest BCUT2D eigenvalue weighted by atomic mass is 10.0. The number of nitrogens with one attached hydrogen (secondary N) is 1. The van der Waals surface area contributed by atoms with Crippen molar-refractivity contribution in [1.82, 2.24) is 14.7 Å². The number of carbonyl (C=O) groups is 1. The Hall–Kier alpha value is -2.24. The minimum Gasteiger partial charge on any atom is -0.463 e. The van der Waals surface area contributed by atoms with Gasteiger partial charge in [-0.15, -0.1) is 11.3 Å². The molecule has 2 heterocycles. The average Bonchev–Trinajstić information content (AvgIpc) is 3.37. The second kappa shape index (κ2) is 10.8. The number of carbonyl (C=O) groups excluding carboxylic acids is 1. The van der Waals surface area contributed by atoms with Crippen molar-refractivity contribution in [2.24, 2.45) is 5.92 Å². The van der Waals surface area contributed by atoms with Crippen LogP contribution in [0.4, 0.5) is 0 Å². The zero-order valence-electron chi connectivity index (χ0n) is 19.3. The normalized spacial score (nSPS) is 13.3. The number of thiophene rings is 1. The van der Waals surface area contributed by atoms with E-state index in [-0.39, 0.29) is 24.6 Å². The van der Waals surface area contributed by atoms with Gasteiger partial charge in [-0.05, 0) is 73.1 Å². The molecule has 180 valence electrons. The molecule has 1 aromatic carbocycles. The van der Waals surface area contributed by atoms with Gasteiger partial charge in [0.15, 0.2) is 0 Å². The molecule has 0 fully saturated rings. The number of fused-ring (bicyclic) bond motifs is 1. The van der Waals surface area contributed by atoms with Crippen LogP contribution in [0, 0.1) is 5.92 Å². The van der Waals surface area contributed by atoms with E-state index in [1.807, 2.05) is 56.4 Å². The van der Waals surface area contributed by atoms with Crippen molar-refractivity contribution in [3.8, 4) is 0 Å². The molecule has 10 heteroatoms. The van der Waals surface area contributed by atoms with Gasteiger partial charge in [0.1, 0.15) is 17.6 Å². The van der Waals surface area contributed by atoms with Gasteiger partial charge < -0.3 is 9.32 Å². The number of amides is 1. The summed E-state index contributed by atoms with van der Waals surface area (Å²) >= 11 is 1.59. The predicted molar refractivity (Wildman–Crippen MR) is 129 cm³/mol. The van der Waals surface area contributed by atoms with E-state index in [0.29, 0.717) is 23.6 Å². The van der Waals surface area contributed by atoms with Gasteiger partial charge in [0.25, 0.3) is 5.91 Å². The minimum absolute atomic E-state index is 0.0214.